The third-order valence-corrected chi connectivity index (χ3v) is 9.44. The van der Waals surface area contributed by atoms with Gasteiger partial charge in [0.1, 0.15) is 0 Å². The maximum Gasteiger partial charge on any atom is 0.0753 e. The number of hydrogen-bond donors (Lipinski definition) is 2. The molecule has 8 nitrogen and oxygen atoms in total. The van der Waals surface area contributed by atoms with Crippen LogP contribution in [0.25, 0.3) is 91.4 Å². The van der Waals surface area contributed by atoms with E-state index in [1.165, 1.54) is 0 Å². The van der Waals surface area contributed by atoms with Gasteiger partial charge in [-0.1, -0.05) is 0 Å². The summed E-state index contributed by atoms with van der Waals surface area (Å²) in [5.41, 5.74) is 18.0. The van der Waals surface area contributed by atoms with E-state index in [4.69, 9.17) is 29.9 Å². The van der Waals surface area contributed by atoms with Gasteiger partial charge in [0.2, 0.25) is 0 Å². The zero-order valence-corrected chi connectivity index (χ0v) is 32.9. The molecule has 0 aromatic carbocycles. The van der Waals surface area contributed by atoms with Gasteiger partial charge in [-0.15, -0.1) is 0 Å². The van der Waals surface area contributed by atoms with Gasteiger partial charge < -0.3 is 9.97 Å². The molecule has 2 N–H and O–H groups in total. The van der Waals surface area contributed by atoms with E-state index < -0.39 is 0 Å². The van der Waals surface area contributed by atoms with E-state index in [-0.39, 0.29) is 19.5 Å². The third-order valence-electron chi connectivity index (χ3n) is 9.44. The minimum absolute atomic E-state index is 0. The average Bonchev–Trinajstić information content (AvgIpc) is 3.96. The summed E-state index contributed by atoms with van der Waals surface area (Å²) >= 11 is 0. The summed E-state index contributed by atoms with van der Waals surface area (Å²) in [6.45, 7) is 8.31. The van der Waals surface area contributed by atoms with Crippen molar-refractivity contribution in [3.05, 3.63) is 143 Å². The molecule has 0 amide bonds. The Morgan fingerprint density at radius 3 is 0.830 bits per heavy atom. The van der Waals surface area contributed by atoms with Crippen molar-refractivity contribution in [2.75, 3.05) is 0 Å². The van der Waals surface area contributed by atoms with E-state index in [1.54, 1.807) is 0 Å². The van der Waals surface area contributed by atoms with Crippen LogP contribution in [0.1, 0.15) is 45.0 Å². The van der Waals surface area contributed by atoms with Crippen LogP contribution in [-0.2, 0) is 19.5 Å². The fourth-order valence-electron chi connectivity index (χ4n) is 6.98. The molecule has 0 fully saturated rings. The number of nitrogens with zero attached hydrogens (tertiary/aromatic N) is 6. The molecule has 2 aliphatic rings. The van der Waals surface area contributed by atoms with E-state index in [1.807, 2.05) is 49.1 Å². The third kappa shape index (κ3) is 6.34. The number of aromatic nitrogens is 8. The molecule has 9 rings (SSSR count). The molecule has 9 heteroatoms. The van der Waals surface area contributed by atoms with Crippen LogP contribution in [0.5, 0.6) is 0 Å². The summed E-state index contributed by atoms with van der Waals surface area (Å²) < 4.78 is 0. The number of pyridine rings is 4. The first-order chi connectivity index (χ1) is 25.4. The van der Waals surface area contributed by atoms with Gasteiger partial charge in [0.15, 0.2) is 0 Å². The van der Waals surface area contributed by atoms with Gasteiger partial charge in [-0.05, 0) is 147 Å². The Morgan fingerprint density at radius 1 is 0.358 bits per heavy atom. The molecule has 0 aliphatic carbocycles. The monoisotopic (exact) mass is 738 g/mol. The maximum atomic E-state index is 5.33. The summed E-state index contributed by atoms with van der Waals surface area (Å²) in [5.74, 6) is 0. The number of nitrogens with one attached hydrogen (secondary N) is 2. The Bertz CT molecular complexity index is 2440. The first-order valence-electron chi connectivity index (χ1n) is 17.3. The Hall–Kier alpha value is -6.18. The summed E-state index contributed by atoms with van der Waals surface area (Å²) in [7, 11) is 0. The second-order valence-electron chi connectivity index (χ2n) is 13.4. The van der Waals surface area contributed by atoms with Gasteiger partial charge in [0, 0.05) is 66.5 Å². The van der Waals surface area contributed by atoms with Crippen molar-refractivity contribution in [3.63, 3.8) is 0 Å². The minimum atomic E-state index is 0. The Balaban J connectivity index is 0.00000400. The SMILES string of the molecule is Cc1ccnc(-c2c3nc(c(-c4cc(C)ccn4)c4ccc([nH]4)c(-c4cc(C)ccn4)c4nc(c(-c5cc(C)ccn5)c5ccc2[nH]5)C=C4)C=C3)c1.[Zn]. The quantitative estimate of drug-likeness (QED) is 0.174. The van der Waals surface area contributed by atoms with Crippen LogP contribution in [-0.4, -0.2) is 39.9 Å². The summed E-state index contributed by atoms with van der Waals surface area (Å²) in [6, 6.07) is 24.8. The fraction of sp³-hybridized carbons (Fsp3) is 0.0909. The Kier molecular flexibility index (Phi) is 8.81. The zero-order chi connectivity index (χ0) is 35.3. The van der Waals surface area contributed by atoms with Crippen LogP contribution in [0.15, 0.2) is 97.6 Å². The number of fused-ring (bicyclic) bond motifs is 8. The summed E-state index contributed by atoms with van der Waals surface area (Å²) in [4.78, 5) is 37.5. The molecule has 53 heavy (non-hydrogen) atoms. The molecule has 252 valence electrons. The molecule has 2 aliphatic heterocycles. The zero-order valence-electron chi connectivity index (χ0n) is 29.9. The van der Waals surface area contributed by atoms with Crippen molar-refractivity contribution in [2.24, 2.45) is 0 Å². The van der Waals surface area contributed by atoms with Crippen LogP contribution in [0.4, 0.5) is 0 Å². The van der Waals surface area contributed by atoms with E-state index in [0.717, 1.165) is 112 Å². The normalized spacial score (nSPS) is 11.8. The number of H-pyrrole nitrogens is 2. The van der Waals surface area contributed by atoms with E-state index in [9.17, 15) is 0 Å². The van der Waals surface area contributed by atoms with Crippen molar-refractivity contribution in [2.45, 2.75) is 27.7 Å². The first kappa shape index (κ1) is 33.9. The predicted octanol–water partition coefficient (Wildman–Crippen LogP) is 10.1. The molecular formula is C44H34N8Zn. The van der Waals surface area contributed by atoms with Gasteiger partial charge in [-0.25, -0.2) is 9.97 Å². The van der Waals surface area contributed by atoms with Crippen LogP contribution in [0.2, 0.25) is 0 Å². The van der Waals surface area contributed by atoms with E-state index in [2.05, 4.69) is 110 Å². The predicted molar refractivity (Wildman–Crippen MR) is 211 cm³/mol. The molecule has 0 saturated carbocycles. The number of hydrogen-bond acceptors (Lipinski definition) is 6. The minimum Gasteiger partial charge on any atom is -0.354 e. The topological polar surface area (TPSA) is 109 Å². The van der Waals surface area contributed by atoms with Crippen LogP contribution >= 0.6 is 0 Å². The van der Waals surface area contributed by atoms with Crippen molar-refractivity contribution < 1.29 is 19.5 Å². The number of aromatic amines is 2. The molecule has 0 saturated heterocycles. The van der Waals surface area contributed by atoms with E-state index >= 15 is 0 Å². The molecule has 7 aromatic rings. The molecule has 0 spiro atoms. The number of aryl methyl sites for hydroxylation is 4. The molecule has 9 heterocycles. The van der Waals surface area contributed by atoms with Crippen molar-refractivity contribution in [1.29, 1.82) is 0 Å². The first-order valence-corrected chi connectivity index (χ1v) is 17.3. The summed E-state index contributed by atoms with van der Waals surface area (Å²) in [6.07, 6.45) is 15.7. The standard InChI is InChI=1S/C44H34N8.Zn/c1-25-13-17-45-37(21-25)41-29-5-7-31(49-29)42(38-22-26(2)14-18-46-38)33-9-11-35(51-33)44(40-24-28(4)16-20-48-40)36-12-10-34(52-36)43(32-8-6-30(41)50-32)39-23-27(3)15-19-47-39;/h5-24,49,52H,1-4H3;. The molecule has 7 aromatic heterocycles. The fourth-order valence-corrected chi connectivity index (χ4v) is 6.98. The van der Waals surface area contributed by atoms with E-state index in [0.29, 0.717) is 0 Å². The molecule has 0 atom stereocenters. The van der Waals surface area contributed by atoms with Gasteiger partial charge in [-0.2, -0.15) is 0 Å². The molecule has 8 bridgehead atoms. The molecule has 0 radical (unpaired) electrons. The molecule has 0 unspecified atom stereocenters. The van der Waals surface area contributed by atoms with Crippen molar-refractivity contribution in [3.8, 4) is 45.0 Å². The van der Waals surface area contributed by atoms with Crippen LogP contribution < -0.4 is 0 Å². The average molecular weight is 740 g/mol. The summed E-state index contributed by atoms with van der Waals surface area (Å²) in [5, 5.41) is 0. The Morgan fingerprint density at radius 2 is 0.604 bits per heavy atom. The second-order valence-corrected chi connectivity index (χ2v) is 13.4. The Labute approximate surface area is 319 Å². The van der Waals surface area contributed by atoms with Crippen LogP contribution in [0, 0.1) is 27.7 Å². The van der Waals surface area contributed by atoms with Gasteiger partial charge in [0.05, 0.1) is 67.6 Å². The number of rotatable bonds is 4. The smallest absolute Gasteiger partial charge is 0.0753 e. The second kappa shape index (κ2) is 13.8. The molecular weight excluding hydrogens is 706 g/mol. The van der Waals surface area contributed by atoms with Gasteiger partial charge >= 0.3 is 0 Å². The van der Waals surface area contributed by atoms with Gasteiger partial charge in [0.25, 0.3) is 0 Å². The van der Waals surface area contributed by atoms with Crippen molar-refractivity contribution in [1.82, 2.24) is 39.9 Å². The van der Waals surface area contributed by atoms with Gasteiger partial charge in [-0.3, -0.25) is 19.9 Å². The van der Waals surface area contributed by atoms with Crippen molar-refractivity contribution >= 4 is 46.4 Å². The largest absolute Gasteiger partial charge is 0.354 e. The van der Waals surface area contributed by atoms with Crippen LogP contribution in [0.3, 0.4) is 0 Å². The maximum absolute atomic E-state index is 5.33.